The second-order valence-electron chi connectivity index (χ2n) is 5.00. The van der Waals surface area contributed by atoms with Crippen LogP contribution in [0.4, 0.5) is 0 Å². The molecule has 2 atom stereocenters. The van der Waals surface area contributed by atoms with Crippen LogP contribution in [0.1, 0.15) is 36.5 Å². The second-order valence-corrected chi connectivity index (χ2v) is 5.80. The van der Waals surface area contributed by atoms with Crippen molar-refractivity contribution in [3.05, 3.63) is 35.4 Å². The quantitative estimate of drug-likeness (QED) is 0.698. The van der Waals surface area contributed by atoms with Crippen molar-refractivity contribution >= 4 is 21.9 Å². The van der Waals surface area contributed by atoms with Gasteiger partial charge in [0.1, 0.15) is 6.10 Å². The maximum atomic E-state index is 11.3. The van der Waals surface area contributed by atoms with Gasteiger partial charge in [-0.15, -0.1) is 0 Å². The van der Waals surface area contributed by atoms with E-state index in [1.54, 1.807) is 24.3 Å². The predicted molar refractivity (Wildman–Crippen MR) is 74.4 cm³/mol. The van der Waals surface area contributed by atoms with Gasteiger partial charge in [-0.2, -0.15) is 0 Å². The summed E-state index contributed by atoms with van der Waals surface area (Å²) in [6.07, 6.45) is -0.135. The average Bonchev–Trinajstić information content (AvgIpc) is 3.20. The lowest BCUT2D eigenvalue weighted by molar-refractivity contribution is -0.140. The Kier molecular flexibility index (Phi) is 4.28. The third-order valence-corrected chi connectivity index (χ3v) is 4.17. The Morgan fingerprint density at radius 3 is 2.58 bits per heavy atom. The van der Waals surface area contributed by atoms with E-state index < -0.39 is 23.6 Å². The van der Waals surface area contributed by atoms with E-state index in [1.165, 1.54) is 0 Å². The molecule has 5 heteroatoms. The molecular formula is C14H17BrO4. The Hall–Kier alpha value is -0.910. The number of aliphatic hydroxyl groups excluding tert-OH is 2. The third kappa shape index (κ3) is 2.83. The largest absolute Gasteiger partial charge is 0.481 e. The summed E-state index contributed by atoms with van der Waals surface area (Å²) in [5.41, 5.74) is 0.497. The minimum absolute atomic E-state index is 0.440. The van der Waals surface area contributed by atoms with E-state index in [0.29, 0.717) is 35.7 Å². The summed E-state index contributed by atoms with van der Waals surface area (Å²) in [6.45, 7) is 0. The minimum Gasteiger partial charge on any atom is -0.481 e. The summed E-state index contributed by atoms with van der Waals surface area (Å²) in [6, 6.07) is 6.92. The summed E-state index contributed by atoms with van der Waals surface area (Å²) in [7, 11) is 0. The van der Waals surface area contributed by atoms with Gasteiger partial charge in [-0.05, 0) is 30.4 Å². The van der Waals surface area contributed by atoms with Gasteiger partial charge in [0, 0.05) is 5.33 Å². The van der Waals surface area contributed by atoms with Gasteiger partial charge in [0.05, 0.1) is 11.5 Å². The number of carboxylic acids is 1. The first-order valence-corrected chi connectivity index (χ1v) is 7.39. The minimum atomic E-state index is -0.984. The molecule has 3 N–H and O–H groups in total. The van der Waals surface area contributed by atoms with Crippen molar-refractivity contribution in [1.82, 2.24) is 0 Å². The molecule has 0 bridgehead atoms. The van der Waals surface area contributed by atoms with Gasteiger partial charge < -0.3 is 15.3 Å². The SMILES string of the molecule is O=C(O)C1(c2cccc(C(O)C(O)CCBr)c2)CC1. The van der Waals surface area contributed by atoms with Crippen molar-refractivity contribution in [3.8, 4) is 0 Å². The van der Waals surface area contributed by atoms with E-state index in [2.05, 4.69) is 15.9 Å². The molecule has 1 aliphatic carbocycles. The van der Waals surface area contributed by atoms with Gasteiger partial charge in [0.2, 0.25) is 0 Å². The summed E-state index contributed by atoms with van der Waals surface area (Å²) in [5, 5.41) is 29.7. The number of halogens is 1. The molecule has 2 unspecified atom stereocenters. The molecule has 0 aliphatic heterocycles. The lowest BCUT2D eigenvalue weighted by atomic mass is 9.92. The van der Waals surface area contributed by atoms with Gasteiger partial charge >= 0.3 is 5.97 Å². The van der Waals surface area contributed by atoms with Crippen molar-refractivity contribution < 1.29 is 20.1 Å². The van der Waals surface area contributed by atoms with Crippen LogP contribution in [-0.4, -0.2) is 32.7 Å². The van der Waals surface area contributed by atoms with Crippen molar-refractivity contribution in [2.75, 3.05) is 5.33 Å². The highest BCUT2D eigenvalue weighted by Gasteiger charge is 2.51. The van der Waals surface area contributed by atoms with Crippen molar-refractivity contribution in [1.29, 1.82) is 0 Å². The fourth-order valence-electron chi connectivity index (χ4n) is 2.26. The van der Waals surface area contributed by atoms with E-state index in [1.807, 2.05) is 0 Å². The van der Waals surface area contributed by atoms with Crippen LogP contribution >= 0.6 is 15.9 Å². The normalized spacial score (nSPS) is 19.7. The first-order valence-electron chi connectivity index (χ1n) is 6.27. The number of aliphatic carboxylic acids is 1. The third-order valence-electron chi connectivity index (χ3n) is 3.71. The van der Waals surface area contributed by atoms with E-state index in [0.717, 1.165) is 0 Å². The van der Waals surface area contributed by atoms with E-state index in [4.69, 9.17) is 0 Å². The van der Waals surface area contributed by atoms with Crippen molar-refractivity contribution in [3.63, 3.8) is 0 Å². The summed E-state index contributed by atoms with van der Waals surface area (Å²) >= 11 is 3.22. The maximum absolute atomic E-state index is 11.3. The molecule has 104 valence electrons. The number of carboxylic acid groups (broad SMARTS) is 1. The first-order chi connectivity index (χ1) is 9.01. The zero-order valence-electron chi connectivity index (χ0n) is 10.4. The van der Waals surface area contributed by atoms with Gasteiger partial charge in [0.15, 0.2) is 0 Å². The molecule has 1 aliphatic rings. The summed E-state index contributed by atoms with van der Waals surface area (Å²) < 4.78 is 0. The Balaban J connectivity index is 2.23. The van der Waals surface area contributed by atoms with Crippen LogP contribution in [0.25, 0.3) is 0 Å². The topological polar surface area (TPSA) is 77.8 Å². The number of carbonyl (C=O) groups is 1. The zero-order valence-corrected chi connectivity index (χ0v) is 12.0. The Labute approximate surface area is 120 Å². The zero-order chi connectivity index (χ0) is 14.0. The Morgan fingerprint density at radius 1 is 1.37 bits per heavy atom. The van der Waals surface area contributed by atoms with Gasteiger partial charge in [-0.1, -0.05) is 40.2 Å². The maximum Gasteiger partial charge on any atom is 0.314 e. The highest BCUT2D eigenvalue weighted by atomic mass is 79.9. The lowest BCUT2D eigenvalue weighted by Crippen LogP contribution is -2.22. The van der Waals surface area contributed by atoms with E-state index in [-0.39, 0.29) is 0 Å². The highest BCUT2D eigenvalue weighted by molar-refractivity contribution is 9.09. The van der Waals surface area contributed by atoms with E-state index in [9.17, 15) is 20.1 Å². The number of aliphatic hydroxyl groups is 2. The van der Waals surface area contributed by atoms with Crippen LogP contribution in [0.2, 0.25) is 0 Å². The second kappa shape index (κ2) is 5.61. The molecule has 0 spiro atoms. The molecular weight excluding hydrogens is 312 g/mol. The van der Waals surface area contributed by atoms with Crippen molar-refractivity contribution in [2.45, 2.75) is 36.9 Å². The smallest absolute Gasteiger partial charge is 0.314 e. The number of rotatable bonds is 6. The summed E-state index contributed by atoms with van der Waals surface area (Å²) in [4.78, 5) is 11.3. The van der Waals surface area contributed by atoms with Gasteiger partial charge in [-0.25, -0.2) is 0 Å². The highest BCUT2D eigenvalue weighted by Crippen LogP contribution is 2.48. The fourth-order valence-corrected chi connectivity index (χ4v) is 2.73. The van der Waals surface area contributed by atoms with Crippen LogP contribution in [0.5, 0.6) is 0 Å². The summed E-state index contributed by atoms with van der Waals surface area (Å²) in [5.74, 6) is -0.819. The lowest BCUT2D eigenvalue weighted by Gasteiger charge is -2.19. The van der Waals surface area contributed by atoms with Crippen LogP contribution in [0, 0.1) is 0 Å². The van der Waals surface area contributed by atoms with Crippen LogP contribution in [-0.2, 0) is 10.2 Å². The van der Waals surface area contributed by atoms with Crippen LogP contribution in [0.15, 0.2) is 24.3 Å². The Morgan fingerprint density at radius 2 is 2.05 bits per heavy atom. The molecule has 0 radical (unpaired) electrons. The molecule has 1 saturated carbocycles. The molecule has 0 amide bonds. The number of alkyl halides is 1. The number of benzene rings is 1. The molecule has 0 saturated heterocycles. The molecule has 1 fully saturated rings. The molecule has 1 aromatic rings. The van der Waals surface area contributed by atoms with Crippen LogP contribution < -0.4 is 0 Å². The van der Waals surface area contributed by atoms with Gasteiger partial charge in [-0.3, -0.25) is 4.79 Å². The number of hydrogen-bond donors (Lipinski definition) is 3. The van der Waals surface area contributed by atoms with Crippen molar-refractivity contribution in [2.24, 2.45) is 0 Å². The monoisotopic (exact) mass is 328 g/mol. The first kappa shape index (κ1) is 14.5. The molecule has 2 rings (SSSR count). The molecule has 19 heavy (non-hydrogen) atoms. The molecule has 0 aromatic heterocycles. The molecule has 1 aromatic carbocycles. The predicted octanol–water partition coefficient (Wildman–Crippen LogP) is 1.98. The van der Waals surface area contributed by atoms with Crippen LogP contribution in [0.3, 0.4) is 0 Å². The molecule has 4 nitrogen and oxygen atoms in total. The Bertz CT molecular complexity index is 470. The van der Waals surface area contributed by atoms with E-state index >= 15 is 0 Å². The fraction of sp³-hybridized carbons (Fsp3) is 0.500. The van der Waals surface area contributed by atoms with Gasteiger partial charge in [0.25, 0.3) is 0 Å². The average molecular weight is 329 g/mol. The standard InChI is InChI=1S/C14H17BrO4/c15-7-4-11(16)12(17)9-2-1-3-10(8-9)14(5-6-14)13(18)19/h1-3,8,11-12,16-17H,4-7H2,(H,18,19). The number of hydrogen-bond acceptors (Lipinski definition) is 3. The molecule has 0 heterocycles.